The highest BCUT2D eigenvalue weighted by Gasteiger charge is 2.52. The lowest BCUT2D eigenvalue weighted by atomic mass is 10.0. The summed E-state index contributed by atoms with van der Waals surface area (Å²) in [6.07, 6.45) is -1.12. The lowest BCUT2D eigenvalue weighted by Gasteiger charge is -2.22. The number of carbonyl (C=O) groups is 1. The number of hydrogen-bond donors (Lipinski definition) is 3. The van der Waals surface area contributed by atoms with Crippen LogP contribution in [0.3, 0.4) is 0 Å². The van der Waals surface area contributed by atoms with Gasteiger partial charge in [-0.05, 0) is 13.8 Å². The van der Waals surface area contributed by atoms with Gasteiger partial charge < -0.3 is 30.2 Å². The second-order valence-electron chi connectivity index (χ2n) is 4.58. The maximum absolute atomic E-state index is 9.39. The van der Waals surface area contributed by atoms with Crippen LogP contribution in [-0.4, -0.2) is 53.6 Å². The molecule has 0 aliphatic carbocycles. The smallest absolute Gasteiger partial charge is 0.317 e. The Bertz CT molecular complexity index is 350. The molecule has 18 heavy (non-hydrogen) atoms. The van der Waals surface area contributed by atoms with E-state index in [1.807, 2.05) is 20.8 Å². The van der Waals surface area contributed by atoms with Crippen molar-refractivity contribution in [3.63, 3.8) is 0 Å². The molecule has 2 aliphatic heterocycles. The summed E-state index contributed by atoms with van der Waals surface area (Å²) in [5, 5.41) is 16.8. The summed E-state index contributed by atoms with van der Waals surface area (Å²) in [6.45, 7) is 2.84. The fourth-order valence-electron chi connectivity index (χ4n) is 1.85. The number of aliphatic hydroxyl groups is 1. The highest BCUT2D eigenvalue weighted by molar-refractivity contribution is 5.68. The first-order valence-electron chi connectivity index (χ1n) is 6.72. The predicted molar refractivity (Wildman–Crippen MR) is 61.6 cm³/mol. The van der Waals surface area contributed by atoms with E-state index in [1.165, 1.54) is 0 Å². The van der Waals surface area contributed by atoms with Crippen LogP contribution in [0.2, 0.25) is 0 Å². The van der Waals surface area contributed by atoms with Gasteiger partial charge >= 0.3 is 5.97 Å². The standard InChI is InChI=1S/C9H16O4.C2H5NO2/c1-5-6(4-10)11-8-7(5)12-9(2,3)13-8;3-1-2(4)5/h5-8,10H,4H2,1-3H3;1,3H2,(H,4,5)/t5?,6-,7+,8-;/m1./s1/i4D;1D/t4-,5?,6-,7+,8-;1-/m11/s1. The topological polar surface area (TPSA) is 111 Å². The van der Waals surface area contributed by atoms with Crippen LogP contribution in [0, 0.1) is 5.92 Å². The van der Waals surface area contributed by atoms with E-state index in [0.29, 0.717) is 0 Å². The molecule has 0 amide bonds. The molecule has 2 saturated heterocycles. The number of hydrogen-bond acceptors (Lipinski definition) is 6. The molecular formula is C11H21NO6. The Morgan fingerprint density at radius 3 is 2.44 bits per heavy atom. The Balaban J connectivity index is 0.000000286. The van der Waals surface area contributed by atoms with Crippen LogP contribution in [0.5, 0.6) is 0 Å². The van der Waals surface area contributed by atoms with Gasteiger partial charge in [-0.2, -0.15) is 0 Å². The number of aliphatic hydroxyl groups excluding tert-OH is 1. The number of fused-ring (bicyclic) bond motifs is 1. The third-order valence-corrected chi connectivity index (χ3v) is 2.71. The zero-order valence-corrected chi connectivity index (χ0v) is 10.6. The van der Waals surface area contributed by atoms with Crippen LogP contribution in [0.15, 0.2) is 0 Å². The van der Waals surface area contributed by atoms with E-state index in [0.717, 1.165) is 0 Å². The molecule has 2 aliphatic rings. The molecule has 7 nitrogen and oxygen atoms in total. The van der Waals surface area contributed by atoms with Crippen molar-refractivity contribution in [2.75, 3.05) is 13.1 Å². The summed E-state index contributed by atoms with van der Waals surface area (Å²) in [4.78, 5) is 9.39. The van der Waals surface area contributed by atoms with Gasteiger partial charge in [0.25, 0.3) is 0 Å². The zero-order valence-electron chi connectivity index (χ0n) is 12.6. The molecule has 2 rings (SSSR count). The first-order valence-corrected chi connectivity index (χ1v) is 5.57. The van der Waals surface area contributed by atoms with Gasteiger partial charge in [-0.1, -0.05) is 6.92 Å². The second-order valence-corrected chi connectivity index (χ2v) is 4.58. The molecule has 1 unspecified atom stereocenters. The molecule has 106 valence electrons. The fraction of sp³-hybridized carbons (Fsp3) is 0.909. The average molecular weight is 265 g/mol. The van der Waals surface area contributed by atoms with Crippen molar-refractivity contribution in [1.29, 1.82) is 0 Å². The molecule has 2 heterocycles. The summed E-state index contributed by atoms with van der Waals surface area (Å²) in [6, 6.07) is 0. The van der Waals surface area contributed by atoms with Gasteiger partial charge in [-0.15, -0.1) is 0 Å². The molecule has 0 radical (unpaired) electrons. The molecule has 7 heteroatoms. The van der Waals surface area contributed by atoms with E-state index >= 15 is 0 Å². The molecular weight excluding hydrogens is 242 g/mol. The minimum Gasteiger partial charge on any atom is -0.480 e. The van der Waals surface area contributed by atoms with Crippen molar-refractivity contribution in [2.24, 2.45) is 11.7 Å². The summed E-state index contributed by atoms with van der Waals surface area (Å²) < 4.78 is 29.9. The fourth-order valence-corrected chi connectivity index (χ4v) is 1.85. The minimum atomic E-state index is -1.48. The van der Waals surface area contributed by atoms with Crippen molar-refractivity contribution in [2.45, 2.75) is 45.1 Å². The molecule has 0 bridgehead atoms. The van der Waals surface area contributed by atoms with E-state index in [9.17, 15) is 4.79 Å². The van der Waals surface area contributed by atoms with E-state index < -0.39 is 37.3 Å². The normalized spacial score (nSPS) is 41.8. The predicted octanol–water partition coefficient (Wildman–Crippen LogP) is -0.479. The molecule has 2 fully saturated rings. The average Bonchev–Trinajstić information content (AvgIpc) is 2.74. The molecule has 0 spiro atoms. The van der Waals surface area contributed by atoms with Crippen LogP contribution in [-0.2, 0) is 19.0 Å². The van der Waals surface area contributed by atoms with E-state index in [2.05, 4.69) is 5.73 Å². The van der Waals surface area contributed by atoms with Crippen molar-refractivity contribution < 1.29 is 32.0 Å². The zero-order chi connectivity index (χ0) is 15.7. The van der Waals surface area contributed by atoms with Gasteiger partial charge in [0.2, 0.25) is 0 Å². The molecule has 0 saturated carbocycles. The quantitative estimate of drug-likeness (QED) is 0.618. The molecule has 0 aromatic rings. The van der Waals surface area contributed by atoms with Crippen molar-refractivity contribution in [3.05, 3.63) is 0 Å². The minimum absolute atomic E-state index is 0.0192. The number of ether oxygens (including phenoxy) is 3. The van der Waals surface area contributed by atoms with Gasteiger partial charge in [-0.3, -0.25) is 4.79 Å². The van der Waals surface area contributed by atoms with Gasteiger partial charge in [-0.25, -0.2) is 0 Å². The Labute approximate surface area is 109 Å². The lowest BCUT2D eigenvalue weighted by molar-refractivity contribution is -0.212. The SMILES string of the molecule is [2H][C@@H](N)C(=O)O.[2H][C@@H](O)[C@H]1O[C@@H]2OC(C)(C)O[C@H]2C1C. The van der Waals surface area contributed by atoms with Crippen LogP contribution in [0.4, 0.5) is 0 Å². The molecule has 6 atom stereocenters. The van der Waals surface area contributed by atoms with Gasteiger partial charge in [0.05, 0.1) is 21.9 Å². The first kappa shape index (κ1) is 12.3. The van der Waals surface area contributed by atoms with Crippen molar-refractivity contribution in [3.8, 4) is 0 Å². The third-order valence-electron chi connectivity index (χ3n) is 2.71. The number of carboxylic acids is 1. The van der Waals surface area contributed by atoms with Crippen LogP contribution < -0.4 is 5.73 Å². The van der Waals surface area contributed by atoms with Crippen LogP contribution in [0.1, 0.15) is 23.5 Å². The lowest BCUT2D eigenvalue weighted by Crippen LogP contribution is -2.30. The monoisotopic (exact) mass is 265 g/mol. The van der Waals surface area contributed by atoms with E-state index in [4.69, 9.17) is 27.2 Å². The summed E-state index contributed by atoms with van der Waals surface area (Å²) in [7, 11) is 0. The third kappa shape index (κ3) is 3.63. The number of aliphatic carboxylic acids is 1. The number of nitrogens with two attached hydrogens (primary N) is 1. The summed E-state index contributed by atoms with van der Waals surface area (Å²) in [5.41, 5.74) is 4.50. The summed E-state index contributed by atoms with van der Waals surface area (Å²) >= 11 is 0. The Morgan fingerprint density at radius 2 is 2.06 bits per heavy atom. The Morgan fingerprint density at radius 1 is 1.50 bits per heavy atom. The first-order chi connectivity index (χ1) is 9.05. The molecule has 0 aromatic heterocycles. The van der Waals surface area contributed by atoms with Crippen molar-refractivity contribution >= 4 is 5.97 Å². The Kier molecular flexibility index (Phi) is 4.06. The van der Waals surface area contributed by atoms with Crippen LogP contribution in [0.25, 0.3) is 0 Å². The maximum Gasteiger partial charge on any atom is 0.317 e. The number of rotatable bonds is 2. The van der Waals surface area contributed by atoms with Crippen LogP contribution >= 0.6 is 0 Å². The molecule has 4 N–H and O–H groups in total. The largest absolute Gasteiger partial charge is 0.480 e. The number of carboxylic acid groups (broad SMARTS) is 1. The Hall–Kier alpha value is -0.730. The highest BCUT2D eigenvalue weighted by atomic mass is 16.8. The van der Waals surface area contributed by atoms with E-state index in [-0.39, 0.29) is 12.0 Å². The van der Waals surface area contributed by atoms with Crippen molar-refractivity contribution in [1.82, 2.24) is 0 Å². The molecule has 0 aromatic carbocycles. The van der Waals surface area contributed by atoms with Gasteiger partial charge in [0, 0.05) is 5.92 Å². The highest BCUT2D eigenvalue weighted by Crippen LogP contribution is 2.40. The van der Waals surface area contributed by atoms with E-state index in [1.54, 1.807) is 0 Å². The second kappa shape index (κ2) is 5.94. The van der Waals surface area contributed by atoms with Gasteiger partial charge in [0.15, 0.2) is 12.1 Å². The van der Waals surface area contributed by atoms with Gasteiger partial charge in [0.1, 0.15) is 6.10 Å². The maximum atomic E-state index is 9.39. The summed E-state index contributed by atoms with van der Waals surface area (Å²) in [5.74, 6) is -1.94.